The third-order valence-corrected chi connectivity index (χ3v) is 5.00. The molecule has 0 bridgehead atoms. The van der Waals surface area contributed by atoms with Gasteiger partial charge in [-0.15, -0.1) is 5.10 Å². The van der Waals surface area contributed by atoms with Gasteiger partial charge in [0.05, 0.1) is 18.6 Å². The Balaban J connectivity index is 1.31. The van der Waals surface area contributed by atoms with Gasteiger partial charge < -0.3 is 14.5 Å². The van der Waals surface area contributed by atoms with Crippen LogP contribution in [0.1, 0.15) is 29.9 Å². The van der Waals surface area contributed by atoms with Gasteiger partial charge in [0.2, 0.25) is 11.7 Å². The lowest BCUT2D eigenvalue weighted by atomic mass is 10.0. The second-order valence-corrected chi connectivity index (χ2v) is 6.68. The zero-order valence-corrected chi connectivity index (χ0v) is 13.2. The Kier molecular flexibility index (Phi) is 3.56. The summed E-state index contributed by atoms with van der Waals surface area (Å²) in [4.78, 5) is 32.0. The third kappa shape index (κ3) is 2.71. The molecule has 1 aromatic rings. The van der Waals surface area contributed by atoms with Crippen LogP contribution in [-0.4, -0.2) is 74.8 Å². The molecule has 4 heterocycles. The summed E-state index contributed by atoms with van der Waals surface area (Å²) < 4.78 is 7.53. The zero-order valence-electron chi connectivity index (χ0n) is 13.2. The fourth-order valence-electron chi connectivity index (χ4n) is 3.63. The van der Waals surface area contributed by atoms with E-state index in [9.17, 15) is 9.59 Å². The molecule has 0 aromatic carbocycles. The smallest absolute Gasteiger partial charge is 0.293 e. The first-order chi connectivity index (χ1) is 11.1. The number of ether oxygens (including phenoxy) is 1. The van der Waals surface area contributed by atoms with Crippen LogP contribution in [0, 0.1) is 5.92 Å². The van der Waals surface area contributed by atoms with Gasteiger partial charge in [-0.05, 0) is 12.8 Å². The summed E-state index contributed by atoms with van der Waals surface area (Å²) in [5.74, 6) is 0.609. The first-order valence-corrected chi connectivity index (χ1v) is 8.18. The van der Waals surface area contributed by atoms with Gasteiger partial charge in [-0.25, -0.2) is 4.98 Å². The molecule has 0 unspecified atom stereocenters. The standard InChI is InChI=1S/C15H21N5O3/c1-18-9-16-14(17-18)15(22)20-7-10-5-11(23-12(10)8-20)6-13(21)19-3-2-4-19/h9-12H,2-8H2,1H3/t10-,11+,12+/m0/s1. The number of hydrogen-bond donors (Lipinski definition) is 0. The fraction of sp³-hybridized carbons (Fsp3) is 0.733. The van der Waals surface area contributed by atoms with Crippen molar-refractivity contribution in [3.05, 3.63) is 12.2 Å². The van der Waals surface area contributed by atoms with Crippen LogP contribution in [-0.2, 0) is 16.6 Å². The van der Waals surface area contributed by atoms with Crippen molar-refractivity contribution >= 4 is 11.8 Å². The van der Waals surface area contributed by atoms with E-state index < -0.39 is 0 Å². The predicted octanol–water partition coefficient (Wildman–Crippen LogP) is -0.333. The van der Waals surface area contributed by atoms with Crippen molar-refractivity contribution in [2.24, 2.45) is 13.0 Å². The molecule has 3 atom stereocenters. The minimum atomic E-state index is -0.142. The van der Waals surface area contributed by atoms with Crippen molar-refractivity contribution in [2.45, 2.75) is 31.5 Å². The number of rotatable bonds is 3. The molecule has 8 nitrogen and oxygen atoms in total. The average molecular weight is 319 g/mol. The maximum atomic E-state index is 12.4. The topological polar surface area (TPSA) is 80.6 Å². The molecule has 124 valence electrons. The Bertz CT molecular complexity index is 612. The molecule has 8 heteroatoms. The van der Waals surface area contributed by atoms with Crippen LogP contribution in [0.3, 0.4) is 0 Å². The highest BCUT2D eigenvalue weighted by Gasteiger charge is 2.44. The van der Waals surface area contributed by atoms with Crippen LogP contribution in [0.5, 0.6) is 0 Å². The van der Waals surface area contributed by atoms with Gasteiger partial charge in [0.1, 0.15) is 6.33 Å². The van der Waals surface area contributed by atoms with Gasteiger partial charge in [-0.2, -0.15) is 0 Å². The Labute approximate surface area is 134 Å². The molecule has 3 aliphatic rings. The quantitative estimate of drug-likeness (QED) is 0.762. The molecule has 4 rings (SSSR count). The SMILES string of the molecule is Cn1cnc(C(=O)N2C[C@@H]3C[C@H](CC(=O)N4CCC4)O[C@@H]3C2)n1. The van der Waals surface area contributed by atoms with Crippen LogP contribution in [0.25, 0.3) is 0 Å². The Morgan fingerprint density at radius 3 is 2.74 bits per heavy atom. The molecular weight excluding hydrogens is 298 g/mol. The van der Waals surface area contributed by atoms with Crippen LogP contribution in [0.4, 0.5) is 0 Å². The van der Waals surface area contributed by atoms with Crippen LogP contribution < -0.4 is 0 Å². The largest absolute Gasteiger partial charge is 0.372 e. The fourth-order valence-corrected chi connectivity index (χ4v) is 3.63. The molecule has 3 fully saturated rings. The molecule has 0 aliphatic carbocycles. The first-order valence-electron chi connectivity index (χ1n) is 8.18. The van der Waals surface area contributed by atoms with Gasteiger partial charge in [-0.3, -0.25) is 14.3 Å². The van der Waals surface area contributed by atoms with E-state index in [0.29, 0.717) is 25.4 Å². The van der Waals surface area contributed by atoms with Crippen molar-refractivity contribution in [2.75, 3.05) is 26.2 Å². The summed E-state index contributed by atoms with van der Waals surface area (Å²) in [7, 11) is 1.74. The van der Waals surface area contributed by atoms with E-state index in [1.54, 1.807) is 11.9 Å². The zero-order chi connectivity index (χ0) is 16.0. The number of aromatic nitrogens is 3. The molecule has 0 saturated carbocycles. The summed E-state index contributed by atoms with van der Waals surface area (Å²) in [5.41, 5.74) is 0. The molecule has 0 N–H and O–H groups in total. The summed E-state index contributed by atoms with van der Waals surface area (Å²) >= 11 is 0. The molecule has 0 radical (unpaired) electrons. The molecule has 1 aromatic heterocycles. The Morgan fingerprint density at radius 2 is 2.13 bits per heavy atom. The number of amides is 2. The van der Waals surface area contributed by atoms with E-state index in [2.05, 4.69) is 10.1 Å². The Hall–Kier alpha value is -1.96. The predicted molar refractivity (Wildman–Crippen MR) is 79.5 cm³/mol. The van der Waals surface area contributed by atoms with E-state index in [1.807, 2.05) is 4.90 Å². The maximum absolute atomic E-state index is 12.4. The van der Waals surface area contributed by atoms with E-state index >= 15 is 0 Å². The van der Waals surface area contributed by atoms with Crippen molar-refractivity contribution in [1.29, 1.82) is 0 Å². The van der Waals surface area contributed by atoms with Crippen molar-refractivity contribution in [3.8, 4) is 0 Å². The molecule has 2 amide bonds. The van der Waals surface area contributed by atoms with Crippen molar-refractivity contribution in [1.82, 2.24) is 24.6 Å². The van der Waals surface area contributed by atoms with Crippen LogP contribution >= 0.6 is 0 Å². The van der Waals surface area contributed by atoms with Crippen LogP contribution in [0.2, 0.25) is 0 Å². The van der Waals surface area contributed by atoms with Crippen LogP contribution in [0.15, 0.2) is 6.33 Å². The monoisotopic (exact) mass is 319 g/mol. The highest BCUT2D eigenvalue weighted by molar-refractivity contribution is 5.90. The minimum absolute atomic E-state index is 0.00308. The highest BCUT2D eigenvalue weighted by atomic mass is 16.5. The van der Waals surface area contributed by atoms with E-state index in [4.69, 9.17) is 4.74 Å². The third-order valence-electron chi connectivity index (χ3n) is 5.00. The summed E-state index contributed by atoms with van der Waals surface area (Å²) in [6.45, 7) is 3.00. The van der Waals surface area contributed by atoms with E-state index in [-0.39, 0.29) is 29.8 Å². The Morgan fingerprint density at radius 1 is 1.30 bits per heavy atom. The molecule has 3 aliphatic heterocycles. The number of carbonyl (C=O) groups is 2. The number of likely N-dealkylation sites (tertiary alicyclic amines) is 2. The maximum Gasteiger partial charge on any atom is 0.293 e. The number of hydrogen-bond acceptors (Lipinski definition) is 5. The normalized spacial score (nSPS) is 29.5. The lowest BCUT2D eigenvalue weighted by molar-refractivity contribution is -0.137. The summed E-state index contributed by atoms with van der Waals surface area (Å²) in [6, 6.07) is 0. The molecule has 23 heavy (non-hydrogen) atoms. The van der Waals surface area contributed by atoms with Crippen molar-refractivity contribution in [3.63, 3.8) is 0 Å². The number of nitrogens with zero attached hydrogens (tertiary/aromatic N) is 5. The second kappa shape index (κ2) is 5.59. The van der Waals surface area contributed by atoms with E-state index in [1.165, 1.54) is 11.0 Å². The molecule has 0 spiro atoms. The van der Waals surface area contributed by atoms with Gasteiger partial charge in [0, 0.05) is 39.1 Å². The summed E-state index contributed by atoms with van der Waals surface area (Å²) in [5, 5.41) is 4.06. The molecular formula is C15H21N5O3. The van der Waals surface area contributed by atoms with E-state index in [0.717, 1.165) is 25.9 Å². The number of aryl methyl sites for hydroxylation is 1. The molecule has 3 saturated heterocycles. The summed E-state index contributed by atoms with van der Waals surface area (Å²) in [6.07, 6.45) is 4.01. The highest BCUT2D eigenvalue weighted by Crippen LogP contribution is 2.35. The number of carbonyl (C=O) groups excluding carboxylic acids is 2. The lowest BCUT2D eigenvalue weighted by Crippen LogP contribution is -2.43. The second-order valence-electron chi connectivity index (χ2n) is 6.68. The average Bonchev–Trinajstić information content (AvgIpc) is 3.10. The first kappa shape index (κ1) is 14.6. The lowest BCUT2D eigenvalue weighted by Gasteiger charge is -2.31. The number of fused-ring (bicyclic) bond motifs is 1. The van der Waals surface area contributed by atoms with Gasteiger partial charge >= 0.3 is 0 Å². The van der Waals surface area contributed by atoms with Gasteiger partial charge in [-0.1, -0.05) is 0 Å². The van der Waals surface area contributed by atoms with Gasteiger partial charge in [0.25, 0.3) is 5.91 Å². The van der Waals surface area contributed by atoms with Crippen molar-refractivity contribution < 1.29 is 14.3 Å². The minimum Gasteiger partial charge on any atom is -0.372 e. The van der Waals surface area contributed by atoms with Gasteiger partial charge in [0.15, 0.2) is 0 Å².